The lowest BCUT2D eigenvalue weighted by molar-refractivity contribution is -0.135. The molecule has 1 aromatic carbocycles. The van der Waals surface area contributed by atoms with Crippen molar-refractivity contribution in [2.24, 2.45) is 11.1 Å². The fraction of sp³-hybridized carbons (Fsp3) is 0.533. The van der Waals surface area contributed by atoms with Crippen LogP contribution in [0, 0.1) is 11.2 Å². The molecule has 0 aliphatic carbocycles. The largest absolute Gasteiger partial charge is 0.337 e. The van der Waals surface area contributed by atoms with E-state index in [9.17, 15) is 9.18 Å². The van der Waals surface area contributed by atoms with E-state index in [1.165, 1.54) is 6.07 Å². The van der Waals surface area contributed by atoms with E-state index in [0.717, 1.165) is 4.47 Å². The van der Waals surface area contributed by atoms with E-state index in [4.69, 9.17) is 5.73 Å². The van der Waals surface area contributed by atoms with Gasteiger partial charge in [-0.25, -0.2) is 4.39 Å². The van der Waals surface area contributed by atoms with Gasteiger partial charge in [0.05, 0.1) is 6.04 Å². The van der Waals surface area contributed by atoms with Crippen LogP contribution in [0.25, 0.3) is 0 Å². The molecule has 0 aliphatic heterocycles. The van der Waals surface area contributed by atoms with E-state index >= 15 is 0 Å². The summed E-state index contributed by atoms with van der Waals surface area (Å²) in [5.74, 6) is -0.469. The molecule has 120 valence electrons. The molecule has 0 saturated heterocycles. The second-order valence-electron chi connectivity index (χ2n) is 5.93. The van der Waals surface area contributed by atoms with E-state index in [2.05, 4.69) is 15.9 Å². The zero-order valence-corrected chi connectivity index (χ0v) is 15.2. The molecular formula is C15H23BrClFN2O. The van der Waals surface area contributed by atoms with Crippen LogP contribution < -0.4 is 5.73 Å². The van der Waals surface area contributed by atoms with Crippen molar-refractivity contribution in [3.05, 3.63) is 34.1 Å². The van der Waals surface area contributed by atoms with E-state index in [-0.39, 0.29) is 36.1 Å². The first kappa shape index (κ1) is 20.3. The maximum Gasteiger partial charge on any atom is 0.240 e. The molecule has 1 rings (SSSR count). The van der Waals surface area contributed by atoms with Gasteiger partial charge in [-0.2, -0.15) is 0 Å². The molecule has 6 heteroatoms. The number of rotatable bonds is 4. The molecule has 1 amide bonds. The van der Waals surface area contributed by atoms with Crippen LogP contribution in [0.3, 0.4) is 0 Å². The van der Waals surface area contributed by atoms with E-state index < -0.39 is 6.04 Å². The van der Waals surface area contributed by atoms with Crippen molar-refractivity contribution < 1.29 is 9.18 Å². The minimum atomic E-state index is -0.599. The van der Waals surface area contributed by atoms with Gasteiger partial charge in [0, 0.05) is 23.1 Å². The number of carbonyl (C=O) groups is 1. The highest BCUT2D eigenvalue weighted by Crippen LogP contribution is 2.21. The summed E-state index contributed by atoms with van der Waals surface area (Å²) in [6.45, 7) is 8.34. The third-order valence-electron chi connectivity index (χ3n) is 3.26. The Balaban J connectivity index is 0.00000400. The van der Waals surface area contributed by atoms with Gasteiger partial charge in [0.15, 0.2) is 0 Å². The highest BCUT2D eigenvalue weighted by molar-refractivity contribution is 9.10. The van der Waals surface area contributed by atoms with Gasteiger partial charge >= 0.3 is 0 Å². The van der Waals surface area contributed by atoms with Crippen LogP contribution in [0.2, 0.25) is 0 Å². The standard InChI is InChI=1S/C15H22BrFN2O.ClH/c1-5-19(14(20)13(18)15(2,3)4)9-10-8-11(16)6-7-12(10)17;/h6-8,13H,5,9,18H2,1-4H3;1H/t13-;/m1./s1. The van der Waals surface area contributed by atoms with Crippen LogP contribution in [0.4, 0.5) is 4.39 Å². The smallest absolute Gasteiger partial charge is 0.240 e. The highest BCUT2D eigenvalue weighted by Gasteiger charge is 2.30. The number of likely N-dealkylation sites (N-methyl/N-ethyl adjacent to an activating group) is 1. The number of hydrogen-bond donors (Lipinski definition) is 1. The Kier molecular flexibility index (Phi) is 7.86. The molecule has 0 heterocycles. The predicted octanol–water partition coefficient (Wildman–Crippen LogP) is 3.73. The zero-order valence-electron chi connectivity index (χ0n) is 12.8. The molecule has 1 aromatic rings. The SMILES string of the molecule is CCN(Cc1cc(Br)ccc1F)C(=O)[C@@H](N)C(C)(C)C.Cl. The van der Waals surface area contributed by atoms with Crippen LogP contribution in [0.5, 0.6) is 0 Å². The van der Waals surface area contributed by atoms with Crippen molar-refractivity contribution in [1.29, 1.82) is 0 Å². The summed E-state index contributed by atoms with van der Waals surface area (Å²) in [6, 6.07) is 4.12. The molecule has 2 N–H and O–H groups in total. The molecule has 0 spiro atoms. The van der Waals surface area contributed by atoms with Gasteiger partial charge in [-0.15, -0.1) is 12.4 Å². The second-order valence-corrected chi connectivity index (χ2v) is 6.85. The molecule has 0 saturated carbocycles. The van der Waals surface area contributed by atoms with Crippen molar-refractivity contribution in [2.75, 3.05) is 6.54 Å². The molecule has 1 atom stereocenters. The summed E-state index contributed by atoms with van der Waals surface area (Å²) in [4.78, 5) is 14.0. The van der Waals surface area contributed by atoms with E-state index in [0.29, 0.717) is 12.1 Å². The predicted molar refractivity (Wildman–Crippen MR) is 89.9 cm³/mol. The number of benzene rings is 1. The van der Waals surface area contributed by atoms with Gasteiger partial charge in [0.1, 0.15) is 5.82 Å². The second kappa shape index (κ2) is 8.11. The number of hydrogen-bond acceptors (Lipinski definition) is 2. The Morgan fingerprint density at radius 2 is 2.00 bits per heavy atom. The average Bonchev–Trinajstić information content (AvgIpc) is 2.37. The van der Waals surface area contributed by atoms with Crippen molar-refractivity contribution >= 4 is 34.2 Å². The Bertz CT molecular complexity index is 491. The molecule has 21 heavy (non-hydrogen) atoms. The first-order valence-corrected chi connectivity index (χ1v) is 7.44. The van der Waals surface area contributed by atoms with E-state index in [1.54, 1.807) is 17.0 Å². The number of carbonyl (C=O) groups excluding carboxylic acids is 1. The molecule has 0 aliphatic rings. The molecule has 0 fully saturated rings. The lowest BCUT2D eigenvalue weighted by atomic mass is 9.86. The molecule has 0 unspecified atom stereocenters. The normalized spacial score (nSPS) is 12.5. The fourth-order valence-electron chi connectivity index (χ4n) is 1.78. The summed E-state index contributed by atoms with van der Waals surface area (Å²) in [5.41, 5.74) is 6.16. The van der Waals surface area contributed by atoms with Crippen LogP contribution in [0.15, 0.2) is 22.7 Å². The Labute approximate surface area is 140 Å². The number of nitrogens with two attached hydrogens (primary N) is 1. The van der Waals surface area contributed by atoms with Crippen molar-refractivity contribution in [2.45, 2.75) is 40.3 Å². The lowest BCUT2D eigenvalue weighted by Gasteiger charge is -2.31. The van der Waals surface area contributed by atoms with Crippen LogP contribution >= 0.6 is 28.3 Å². The molecular weight excluding hydrogens is 359 g/mol. The first-order valence-electron chi connectivity index (χ1n) is 6.65. The number of nitrogens with zero attached hydrogens (tertiary/aromatic N) is 1. The molecule has 0 bridgehead atoms. The van der Waals surface area contributed by atoms with Gasteiger partial charge in [0.25, 0.3) is 0 Å². The summed E-state index contributed by atoms with van der Waals surface area (Å²) in [6.07, 6.45) is 0. The number of halogens is 3. The Morgan fingerprint density at radius 3 is 2.48 bits per heavy atom. The minimum absolute atomic E-state index is 0. The van der Waals surface area contributed by atoms with Gasteiger partial charge in [-0.3, -0.25) is 4.79 Å². The third-order valence-corrected chi connectivity index (χ3v) is 3.75. The van der Waals surface area contributed by atoms with Gasteiger partial charge in [-0.05, 0) is 30.5 Å². The monoisotopic (exact) mass is 380 g/mol. The van der Waals surface area contributed by atoms with Gasteiger partial charge in [-0.1, -0.05) is 36.7 Å². The van der Waals surface area contributed by atoms with Gasteiger partial charge in [0.2, 0.25) is 5.91 Å². The average molecular weight is 382 g/mol. The maximum atomic E-state index is 13.8. The van der Waals surface area contributed by atoms with Gasteiger partial charge < -0.3 is 10.6 Å². The maximum absolute atomic E-state index is 13.8. The summed E-state index contributed by atoms with van der Waals surface area (Å²) in [7, 11) is 0. The third kappa shape index (κ3) is 5.57. The molecule has 0 radical (unpaired) electrons. The fourth-order valence-corrected chi connectivity index (χ4v) is 2.19. The van der Waals surface area contributed by atoms with Crippen molar-refractivity contribution in [3.8, 4) is 0 Å². The Hall–Kier alpha value is -0.650. The van der Waals surface area contributed by atoms with Crippen molar-refractivity contribution in [1.82, 2.24) is 4.90 Å². The number of amides is 1. The summed E-state index contributed by atoms with van der Waals surface area (Å²) in [5, 5.41) is 0. The van der Waals surface area contributed by atoms with E-state index in [1.807, 2.05) is 27.7 Å². The highest BCUT2D eigenvalue weighted by atomic mass is 79.9. The van der Waals surface area contributed by atoms with Crippen LogP contribution in [0.1, 0.15) is 33.3 Å². The molecule has 0 aromatic heterocycles. The Morgan fingerprint density at radius 1 is 1.43 bits per heavy atom. The molecule has 3 nitrogen and oxygen atoms in total. The van der Waals surface area contributed by atoms with Crippen LogP contribution in [-0.4, -0.2) is 23.4 Å². The first-order chi connectivity index (χ1) is 9.16. The minimum Gasteiger partial charge on any atom is -0.337 e. The lowest BCUT2D eigenvalue weighted by Crippen LogP contribution is -2.50. The van der Waals surface area contributed by atoms with Crippen LogP contribution in [-0.2, 0) is 11.3 Å². The quantitative estimate of drug-likeness (QED) is 0.863. The zero-order chi connectivity index (χ0) is 15.5. The van der Waals surface area contributed by atoms with Crippen molar-refractivity contribution in [3.63, 3.8) is 0 Å². The topological polar surface area (TPSA) is 46.3 Å². The summed E-state index contributed by atoms with van der Waals surface area (Å²) >= 11 is 3.31. The summed E-state index contributed by atoms with van der Waals surface area (Å²) < 4.78 is 14.6.